The van der Waals surface area contributed by atoms with Gasteiger partial charge in [-0.1, -0.05) is 13.0 Å². The van der Waals surface area contributed by atoms with E-state index in [4.69, 9.17) is 0 Å². The Morgan fingerprint density at radius 2 is 2.33 bits per heavy atom. The number of nitrogens with one attached hydrogen (secondary N) is 1. The number of carbonyl (C=O) groups excluding carboxylic acids is 1. The minimum Gasteiger partial charge on any atom is -0.350 e. The van der Waals surface area contributed by atoms with E-state index in [0.717, 1.165) is 37.5 Å². The highest BCUT2D eigenvalue weighted by molar-refractivity contribution is 5.92. The first-order valence-corrected chi connectivity index (χ1v) is 7.62. The van der Waals surface area contributed by atoms with Gasteiger partial charge in [-0.25, -0.2) is 4.98 Å². The van der Waals surface area contributed by atoms with Crippen LogP contribution in [0.5, 0.6) is 0 Å². The predicted molar refractivity (Wildman–Crippen MR) is 82.5 cm³/mol. The molecule has 5 heteroatoms. The number of imidazole rings is 1. The Labute approximate surface area is 125 Å². The van der Waals surface area contributed by atoms with Gasteiger partial charge in [0.1, 0.15) is 11.3 Å². The topological polar surface area (TPSA) is 49.6 Å². The molecule has 1 saturated heterocycles. The van der Waals surface area contributed by atoms with Gasteiger partial charge < -0.3 is 14.6 Å². The average molecular weight is 286 g/mol. The second kappa shape index (κ2) is 5.85. The summed E-state index contributed by atoms with van der Waals surface area (Å²) in [6.07, 6.45) is 2.98. The van der Waals surface area contributed by atoms with Crippen molar-refractivity contribution < 1.29 is 4.79 Å². The monoisotopic (exact) mass is 286 g/mol. The molecule has 5 nitrogen and oxygen atoms in total. The van der Waals surface area contributed by atoms with Crippen LogP contribution < -0.4 is 5.32 Å². The Kier molecular flexibility index (Phi) is 3.92. The van der Waals surface area contributed by atoms with Gasteiger partial charge in [-0.15, -0.1) is 0 Å². The standard InChI is InChI=1S/C16H22N4O/c1-3-19-8-7-13(10-19)9-17-16(21)14-11-20-12(2)5-4-6-15(20)18-14/h4-6,11,13H,3,7-10H2,1-2H3,(H,17,21)/t13-/m0/s1. The summed E-state index contributed by atoms with van der Waals surface area (Å²) in [7, 11) is 0. The van der Waals surface area contributed by atoms with Crippen molar-refractivity contribution in [1.29, 1.82) is 0 Å². The summed E-state index contributed by atoms with van der Waals surface area (Å²) in [6.45, 7) is 8.25. The van der Waals surface area contributed by atoms with Gasteiger partial charge in [-0.2, -0.15) is 0 Å². The number of pyridine rings is 1. The summed E-state index contributed by atoms with van der Waals surface area (Å²) in [5.74, 6) is 0.487. The summed E-state index contributed by atoms with van der Waals surface area (Å²) in [6, 6.07) is 5.88. The fraction of sp³-hybridized carbons (Fsp3) is 0.500. The first-order chi connectivity index (χ1) is 10.2. The molecule has 0 bridgehead atoms. The molecule has 0 unspecified atom stereocenters. The molecular formula is C16H22N4O. The number of aromatic nitrogens is 2. The third-order valence-corrected chi connectivity index (χ3v) is 4.30. The fourth-order valence-corrected chi connectivity index (χ4v) is 2.95. The Balaban J connectivity index is 1.63. The van der Waals surface area contributed by atoms with Crippen LogP contribution in [0.15, 0.2) is 24.4 Å². The summed E-state index contributed by atoms with van der Waals surface area (Å²) in [5.41, 5.74) is 2.39. The molecule has 1 aliphatic heterocycles. The molecule has 112 valence electrons. The van der Waals surface area contributed by atoms with Crippen LogP contribution in [0.2, 0.25) is 0 Å². The van der Waals surface area contributed by atoms with E-state index in [-0.39, 0.29) is 5.91 Å². The van der Waals surface area contributed by atoms with Gasteiger partial charge in [0.05, 0.1) is 0 Å². The van der Waals surface area contributed by atoms with Gasteiger partial charge in [0.15, 0.2) is 0 Å². The van der Waals surface area contributed by atoms with E-state index in [0.29, 0.717) is 11.6 Å². The molecule has 0 radical (unpaired) electrons. The van der Waals surface area contributed by atoms with E-state index in [2.05, 4.69) is 22.1 Å². The Hall–Kier alpha value is -1.88. The van der Waals surface area contributed by atoms with Crippen molar-refractivity contribution in [2.45, 2.75) is 20.3 Å². The molecule has 0 saturated carbocycles. The maximum Gasteiger partial charge on any atom is 0.271 e. The molecule has 1 amide bonds. The number of hydrogen-bond donors (Lipinski definition) is 1. The normalized spacial score (nSPS) is 19.2. The molecule has 3 heterocycles. The molecule has 0 spiro atoms. The maximum atomic E-state index is 12.2. The van der Waals surface area contributed by atoms with Crippen molar-refractivity contribution in [2.24, 2.45) is 5.92 Å². The molecule has 1 aliphatic rings. The molecule has 2 aromatic heterocycles. The van der Waals surface area contributed by atoms with Crippen LogP contribution in [0.3, 0.4) is 0 Å². The van der Waals surface area contributed by atoms with Crippen molar-refractivity contribution in [3.8, 4) is 0 Å². The quantitative estimate of drug-likeness (QED) is 0.931. The van der Waals surface area contributed by atoms with Crippen LogP contribution >= 0.6 is 0 Å². The molecule has 3 rings (SSSR count). The van der Waals surface area contributed by atoms with Crippen molar-refractivity contribution in [3.05, 3.63) is 35.8 Å². The summed E-state index contributed by atoms with van der Waals surface area (Å²) in [5, 5.41) is 3.02. The van der Waals surface area contributed by atoms with Crippen LogP contribution in [0.4, 0.5) is 0 Å². The van der Waals surface area contributed by atoms with Gasteiger partial charge >= 0.3 is 0 Å². The number of aryl methyl sites for hydroxylation is 1. The van der Waals surface area contributed by atoms with Gasteiger partial charge in [-0.3, -0.25) is 4.79 Å². The zero-order valence-corrected chi connectivity index (χ0v) is 12.7. The Bertz CT molecular complexity index is 649. The minimum atomic E-state index is -0.0759. The van der Waals surface area contributed by atoms with Gasteiger partial charge in [-0.05, 0) is 44.5 Å². The Morgan fingerprint density at radius 1 is 1.48 bits per heavy atom. The molecule has 1 N–H and O–H groups in total. The molecule has 1 atom stereocenters. The molecule has 2 aromatic rings. The number of carbonyl (C=O) groups is 1. The van der Waals surface area contributed by atoms with Crippen LogP contribution in [-0.4, -0.2) is 46.4 Å². The van der Waals surface area contributed by atoms with E-state index in [1.54, 1.807) is 0 Å². The molecular weight excluding hydrogens is 264 g/mol. The fourth-order valence-electron chi connectivity index (χ4n) is 2.95. The highest BCUT2D eigenvalue weighted by Crippen LogP contribution is 2.15. The largest absolute Gasteiger partial charge is 0.350 e. The first kappa shape index (κ1) is 14.1. The maximum absolute atomic E-state index is 12.2. The number of fused-ring (bicyclic) bond motifs is 1. The lowest BCUT2D eigenvalue weighted by molar-refractivity contribution is 0.0943. The zero-order valence-electron chi connectivity index (χ0n) is 12.7. The molecule has 0 aliphatic carbocycles. The van der Waals surface area contributed by atoms with Crippen LogP contribution in [-0.2, 0) is 0 Å². The van der Waals surface area contributed by atoms with Gasteiger partial charge in [0, 0.05) is 25.0 Å². The average Bonchev–Trinajstić information content (AvgIpc) is 3.12. The van der Waals surface area contributed by atoms with Crippen LogP contribution in [0, 0.1) is 12.8 Å². The summed E-state index contributed by atoms with van der Waals surface area (Å²) in [4.78, 5) is 19.0. The number of hydrogen-bond acceptors (Lipinski definition) is 3. The lowest BCUT2D eigenvalue weighted by Gasteiger charge is -2.13. The van der Waals surface area contributed by atoms with Crippen molar-refractivity contribution in [3.63, 3.8) is 0 Å². The van der Waals surface area contributed by atoms with E-state index in [9.17, 15) is 4.79 Å². The van der Waals surface area contributed by atoms with Crippen LogP contribution in [0.1, 0.15) is 29.5 Å². The number of amides is 1. The Morgan fingerprint density at radius 3 is 3.05 bits per heavy atom. The summed E-state index contributed by atoms with van der Waals surface area (Å²) < 4.78 is 1.95. The predicted octanol–water partition coefficient (Wildman–Crippen LogP) is 1.71. The van der Waals surface area contributed by atoms with E-state index in [1.165, 1.54) is 6.42 Å². The van der Waals surface area contributed by atoms with Crippen LogP contribution in [0.25, 0.3) is 5.65 Å². The highest BCUT2D eigenvalue weighted by atomic mass is 16.1. The van der Waals surface area contributed by atoms with Crippen molar-refractivity contribution >= 4 is 11.6 Å². The second-order valence-corrected chi connectivity index (χ2v) is 5.78. The zero-order chi connectivity index (χ0) is 14.8. The van der Waals surface area contributed by atoms with Gasteiger partial charge in [0.25, 0.3) is 5.91 Å². The molecule has 0 aromatic carbocycles. The minimum absolute atomic E-state index is 0.0759. The number of rotatable bonds is 4. The molecule has 21 heavy (non-hydrogen) atoms. The van der Waals surface area contributed by atoms with E-state index < -0.39 is 0 Å². The van der Waals surface area contributed by atoms with Gasteiger partial charge in [0.2, 0.25) is 0 Å². The SMILES string of the molecule is CCN1CC[C@@H](CNC(=O)c2cn3c(C)cccc3n2)C1. The lowest BCUT2D eigenvalue weighted by Crippen LogP contribution is -2.31. The third kappa shape index (κ3) is 2.93. The third-order valence-electron chi connectivity index (χ3n) is 4.30. The summed E-state index contributed by atoms with van der Waals surface area (Å²) >= 11 is 0. The van der Waals surface area contributed by atoms with E-state index in [1.807, 2.05) is 35.7 Å². The lowest BCUT2D eigenvalue weighted by atomic mass is 10.1. The van der Waals surface area contributed by atoms with Crippen molar-refractivity contribution in [2.75, 3.05) is 26.2 Å². The smallest absolute Gasteiger partial charge is 0.271 e. The van der Waals surface area contributed by atoms with E-state index >= 15 is 0 Å². The second-order valence-electron chi connectivity index (χ2n) is 5.78. The number of nitrogens with zero attached hydrogens (tertiary/aromatic N) is 3. The first-order valence-electron chi connectivity index (χ1n) is 7.62. The number of likely N-dealkylation sites (tertiary alicyclic amines) is 1. The van der Waals surface area contributed by atoms with Crippen molar-refractivity contribution in [1.82, 2.24) is 19.6 Å². The molecule has 1 fully saturated rings. The highest BCUT2D eigenvalue weighted by Gasteiger charge is 2.22.